The number of likely N-dealkylation sites (tertiary alicyclic amines) is 1. The molecule has 0 N–H and O–H groups in total. The summed E-state index contributed by atoms with van der Waals surface area (Å²) in [7, 11) is 3.67. The molecule has 2 heterocycles. The lowest BCUT2D eigenvalue weighted by Gasteiger charge is -2.32. The molecule has 2 fully saturated rings. The average Bonchev–Trinajstić information content (AvgIpc) is 3.28. The minimum atomic E-state index is 0.144. The molecule has 1 aliphatic heterocycles. The van der Waals surface area contributed by atoms with E-state index in [2.05, 4.69) is 12.1 Å². The lowest BCUT2D eigenvalue weighted by molar-refractivity contribution is -0.671. The van der Waals surface area contributed by atoms with Crippen molar-refractivity contribution in [3.63, 3.8) is 0 Å². The molecule has 1 saturated heterocycles. The van der Waals surface area contributed by atoms with Gasteiger partial charge in [0.05, 0.1) is 18.8 Å². The molecular weight excluding hydrogens is 376 g/mol. The van der Waals surface area contributed by atoms with Gasteiger partial charge in [-0.25, -0.2) is 4.57 Å². The number of aryl methyl sites for hydroxylation is 1. The van der Waals surface area contributed by atoms with Crippen molar-refractivity contribution in [3.05, 3.63) is 53.9 Å². The number of rotatable bonds is 6. The molecule has 0 atom stereocenters. The number of amides is 1. The Morgan fingerprint density at radius 2 is 1.73 bits per heavy atom. The van der Waals surface area contributed by atoms with Gasteiger partial charge in [-0.1, -0.05) is 6.07 Å². The molecule has 30 heavy (non-hydrogen) atoms. The van der Waals surface area contributed by atoms with E-state index in [1.165, 1.54) is 18.4 Å². The number of methoxy groups -OCH3 is 1. The van der Waals surface area contributed by atoms with E-state index in [0.717, 1.165) is 62.3 Å². The normalized spacial score (nSPS) is 17.9. The molecule has 1 aromatic carbocycles. The summed E-state index contributed by atoms with van der Waals surface area (Å²) < 4.78 is 13.7. The monoisotopic (exact) mass is 409 g/mol. The Balaban J connectivity index is 1.34. The van der Waals surface area contributed by atoms with Crippen molar-refractivity contribution in [1.29, 1.82) is 0 Å². The lowest BCUT2D eigenvalue weighted by atomic mass is 9.90. The summed E-state index contributed by atoms with van der Waals surface area (Å²) in [6.45, 7) is 1.65. The fourth-order valence-electron chi connectivity index (χ4n) is 4.63. The summed E-state index contributed by atoms with van der Waals surface area (Å²) in [4.78, 5) is 14.7. The molecule has 1 aromatic heterocycles. The Bertz CT molecular complexity index is 851. The summed E-state index contributed by atoms with van der Waals surface area (Å²) in [6.07, 6.45) is 12.1. The van der Waals surface area contributed by atoms with Gasteiger partial charge in [-0.15, -0.1) is 0 Å². The number of nitrogens with zero attached hydrogens (tertiary/aromatic N) is 2. The Kier molecular flexibility index (Phi) is 6.56. The topological polar surface area (TPSA) is 42.7 Å². The van der Waals surface area contributed by atoms with Gasteiger partial charge in [0.15, 0.2) is 23.9 Å². The van der Waals surface area contributed by atoms with Gasteiger partial charge in [-0.3, -0.25) is 4.79 Å². The highest BCUT2D eigenvalue weighted by atomic mass is 16.5. The first-order chi connectivity index (χ1) is 14.6. The molecule has 1 saturated carbocycles. The van der Waals surface area contributed by atoms with E-state index in [1.807, 2.05) is 47.1 Å². The Morgan fingerprint density at radius 3 is 2.40 bits per heavy atom. The molecule has 1 aliphatic carbocycles. The molecule has 0 radical (unpaired) electrons. The highest BCUT2D eigenvalue weighted by Crippen LogP contribution is 2.34. The Morgan fingerprint density at radius 1 is 1.03 bits per heavy atom. The molecular formula is C25H33N2O3+. The van der Waals surface area contributed by atoms with Crippen LogP contribution >= 0.6 is 0 Å². The first-order valence-electron chi connectivity index (χ1n) is 11.2. The van der Waals surface area contributed by atoms with E-state index in [1.54, 1.807) is 7.11 Å². The molecule has 2 aromatic rings. The summed E-state index contributed by atoms with van der Waals surface area (Å²) in [6, 6.07) is 10.2. The van der Waals surface area contributed by atoms with Crippen molar-refractivity contribution in [3.8, 4) is 11.5 Å². The number of benzene rings is 1. The summed E-state index contributed by atoms with van der Waals surface area (Å²) in [5, 5.41) is 0. The zero-order valence-corrected chi connectivity index (χ0v) is 18.2. The number of hydrogen-bond donors (Lipinski definition) is 0. The van der Waals surface area contributed by atoms with Gasteiger partial charge in [0, 0.05) is 25.2 Å². The number of carbonyl (C=O) groups is 1. The van der Waals surface area contributed by atoms with Gasteiger partial charge in [0.1, 0.15) is 7.05 Å². The smallest absolute Gasteiger partial charge is 0.254 e. The summed E-state index contributed by atoms with van der Waals surface area (Å²) >= 11 is 0. The van der Waals surface area contributed by atoms with Crippen LogP contribution < -0.4 is 14.0 Å². The number of aromatic nitrogens is 1. The maximum atomic E-state index is 12.7. The van der Waals surface area contributed by atoms with Crippen molar-refractivity contribution in [2.75, 3.05) is 20.2 Å². The fraction of sp³-hybridized carbons (Fsp3) is 0.520. The van der Waals surface area contributed by atoms with Crippen molar-refractivity contribution >= 4 is 5.91 Å². The molecule has 2 aliphatic rings. The van der Waals surface area contributed by atoms with Crippen LogP contribution in [0.3, 0.4) is 0 Å². The third-order valence-corrected chi connectivity index (χ3v) is 6.48. The summed E-state index contributed by atoms with van der Waals surface area (Å²) in [5.41, 5.74) is 2.07. The van der Waals surface area contributed by atoms with Gasteiger partial charge in [-0.2, -0.15) is 0 Å². The lowest BCUT2D eigenvalue weighted by Crippen LogP contribution is -2.39. The summed E-state index contributed by atoms with van der Waals surface area (Å²) in [5.74, 6) is 2.44. The van der Waals surface area contributed by atoms with Crippen LogP contribution in [0.1, 0.15) is 54.4 Å². The number of hydrogen-bond acceptors (Lipinski definition) is 3. The number of pyridine rings is 1. The third kappa shape index (κ3) is 4.94. The largest absolute Gasteiger partial charge is 0.493 e. The highest BCUT2D eigenvalue weighted by molar-refractivity contribution is 5.94. The molecule has 5 nitrogen and oxygen atoms in total. The van der Waals surface area contributed by atoms with Gasteiger partial charge in [0.25, 0.3) is 5.91 Å². The minimum absolute atomic E-state index is 0.144. The molecule has 4 rings (SSSR count). The van der Waals surface area contributed by atoms with E-state index in [-0.39, 0.29) is 5.91 Å². The second-order valence-corrected chi connectivity index (χ2v) is 8.70. The van der Waals surface area contributed by atoms with E-state index in [0.29, 0.717) is 12.0 Å². The van der Waals surface area contributed by atoms with Crippen molar-refractivity contribution < 1.29 is 18.8 Å². The highest BCUT2D eigenvalue weighted by Gasteiger charge is 2.25. The van der Waals surface area contributed by atoms with Gasteiger partial charge < -0.3 is 14.4 Å². The van der Waals surface area contributed by atoms with Crippen LogP contribution in [0.25, 0.3) is 0 Å². The zero-order chi connectivity index (χ0) is 20.9. The predicted octanol–water partition coefficient (Wildman–Crippen LogP) is 3.94. The fourth-order valence-corrected chi connectivity index (χ4v) is 4.63. The van der Waals surface area contributed by atoms with Crippen molar-refractivity contribution in [2.45, 2.75) is 51.0 Å². The maximum absolute atomic E-state index is 12.7. The maximum Gasteiger partial charge on any atom is 0.254 e. The van der Waals surface area contributed by atoms with Crippen molar-refractivity contribution in [2.24, 2.45) is 13.0 Å². The molecule has 0 bridgehead atoms. The number of piperidine rings is 1. The predicted molar refractivity (Wildman–Crippen MR) is 116 cm³/mol. The standard InChI is InChI=1S/C25H33N2O3/c1-26-13-11-21(12-14-26)25(28)27-15-9-19(10-16-27)17-20-7-8-23(29-2)24(18-20)30-22-5-3-4-6-22/h7-8,11-14,18-19,22H,3-6,9-10,15-17H2,1-2H3/q+1. The first-order valence-corrected chi connectivity index (χ1v) is 11.2. The van der Waals surface area contributed by atoms with E-state index >= 15 is 0 Å². The van der Waals surface area contributed by atoms with Crippen LogP contribution in [0.15, 0.2) is 42.7 Å². The second kappa shape index (κ2) is 9.50. The van der Waals surface area contributed by atoms with Crippen molar-refractivity contribution in [1.82, 2.24) is 4.90 Å². The molecule has 160 valence electrons. The SMILES string of the molecule is COc1ccc(CC2CCN(C(=O)c3cc[n+](C)cc3)CC2)cc1OC1CCCC1. The van der Waals surface area contributed by atoms with Crippen LogP contribution in [-0.2, 0) is 13.5 Å². The average molecular weight is 410 g/mol. The van der Waals surface area contributed by atoms with Crippen LogP contribution in [-0.4, -0.2) is 37.1 Å². The quantitative estimate of drug-likeness (QED) is 0.679. The van der Waals surface area contributed by atoms with Gasteiger partial charge in [-0.05, 0) is 68.6 Å². The molecule has 5 heteroatoms. The molecule has 0 spiro atoms. The Labute approximate surface area is 179 Å². The Hall–Kier alpha value is -2.56. The van der Waals surface area contributed by atoms with E-state index in [9.17, 15) is 4.79 Å². The number of ether oxygens (including phenoxy) is 2. The number of carbonyl (C=O) groups excluding carboxylic acids is 1. The van der Waals surface area contributed by atoms with Crippen LogP contribution in [0.2, 0.25) is 0 Å². The first kappa shape index (κ1) is 20.7. The van der Waals surface area contributed by atoms with Crippen LogP contribution in [0.4, 0.5) is 0 Å². The van der Waals surface area contributed by atoms with E-state index in [4.69, 9.17) is 9.47 Å². The molecule has 0 unspecified atom stereocenters. The van der Waals surface area contributed by atoms with Crippen LogP contribution in [0, 0.1) is 5.92 Å². The van der Waals surface area contributed by atoms with Gasteiger partial charge in [0.2, 0.25) is 0 Å². The van der Waals surface area contributed by atoms with E-state index < -0.39 is 0 Å². The zero-order valence-electron chi connectivity index (χ0n) is 18.2. The third-order valence-electron chi connectivity index (χ3n) is 6.48. The van der Waals surface area contributed by atoms with Gasteiger partial charge >= 0.3 is 0 Å². The minimum Gasteiger partial charge on any atom is -0.493 e. The van der Waals surface area contributed by atoms with Crippen LogP contribution in [0.5, 0.6) is 11.5 Å². The molecule has 1 amide bonds. The second-order valence-electron chi connectivity index (χ2n) is 8.70.